The lowest BCUT2D eigenvalue weighted by Crippen LogP contribution is -2.49. The van der Waals surface area contributed by atoms with Gasteiger partial charge in [-0.05, 0) is 13.0 Å². The first kappa shape index (κ1) is 16.5. The number of anilines is 1. The summed E-state index contributed by atoms with van der Waals surface area (Å²) in [5.41, 5.74) is 0.403. The zero-order chi connectivity index (χ0) is 17.3. The maximum absolute atomic E-state index is 12.8. The number of carbonyl (C=O) groups excluding carboxylic acids is 1. The molecule has 2 aromatic heterocycles. The Balaban J connectivity index is 1.90. The molecule has 1 atom stereocenters. The van der Waals surface area contributed by atoms with E-state index in [1.165, 1.54) is 15.6 Å². The summed E-state index contributed by atoms with van der Waals surface area (Å²) in [6.45, 7) is 1.75. The largest absolute Gasteiger partial charge is 0.462 e. The van der Waals surface area contributed by atoms with Gasteiger partial charge in [0.05, 0.1) is 26.0 Å². The zero-order valence-electron chi connectivity index (χ0n) is 12.8. The predicted molar refractivity (Wildman–Crippen MR) is 77.0 cm³/mol. The molecule has 3 rings (SSSR count). The van der Waals surface area contributed by atoms with Crippen molar-refractivity contribution in [1.29, 1.82) is 0 Å². The molecule has 1 fully saturated rings. The lowest BCUT2D eigenvalue weighted by molar-refractivity contribution is -0.221. The first-order valence-corrected chi connectivity index (χ1v) is 7.35. The molecule has 0 aliphatic carbocycles. The first-order chi connectivity index (χ1) is 11.4. The molecule has 24 heavy (non-hydrogen) atoms. The maximum Gasteiger partial charge on any atom is 0.416 e. The van der Waals surface area contributed by atoms with Gasteiger partial charge in [-0.15, -0.1) is 0 Å². The molecule has 0 bridgehead atoms. The van der Waals surface area contributed by atoms with Gasteiger partial charge in [-0.1, -0.05) is 0 Å². The summed E-state index contributed by atoms with van der Waals surface area (Å²) in [5.74, 6) is -0.251. The number of morpholine rings is 1. The van der Waals surface area contributed by atoms with Crippen molar-refractivity contribution in [3.8, 4) is 0 Å². The molecule has 7 nitrogen and oxygen atoms in total. The van der Waals surface area contributed by atoms with Crippen LogP contribution in [0.4, 0.5) is 19.0 Å². The van der Waals surface area contributed by atoms with Gasteiger partial charge in [0.25, 0.3) is 0 Å². The highest BCUT2D eigenvalue weighted by molar-refractivity contribution is 5.95. The second kappa shape index (κ2) is 6.27. The number of aromatic nitrogens is 3. The summed E-state index contributed by atoms with van der Waals surface area (Å²) in [4.78, 5) is 17.7. The van der Waals surface area contributed by atoms with E-state index in [-0.39, 0.29) is 37.5 Å². The summed E-state index contributed by atoms with van der Waals surface area (Å²) < 4.78 is 49.6. The van der Waals surface area contributed by atoms with E-state index in [0.717, 1.165) is 0 Å². The molecule has 130 valence electrons. The van der Waals surface area contributed by atoms with Crippen LogP contribution in [0.1, 0.15) is 17.3 Å². The van der Waals surface area contributed by atoms with E-state index in [1.807, 2.05) is 0 Å². The quantitative estimate of drug-likeness (QED) is 0.789. The van der Waals surface area contributed by atoms with Crippen LogP contribution in [0, 0.1) is 0 Å². The van der Waals surface area contributed by atoms with Crippen molar-refractivity contribution in [3.05, 3.63) is 24.0 Å². The molecule has 0 radical (unpaired) electrons. The lowest BCUT2D eigenvalue weighted by Gasteiger charge is -2.34. The molecular weight excluding hydrogens is 329 g/mol. The van der Waals surface area contributed by atoms with Crippen molar-refractivity contribution < 1.29 is 27.4 Å². The van der Waals surface area contributed by atoms with E-state index in [9.17, 15) is 18.0 Å². The normalized spacial score (nSPS) is 18.8. The van der Waals surface area contributed by atoms with E-state index in [0.29, 0.717) is 5.82 Å². The van der Waals surface area contributed by atoms with Crippen LogP contribution in [0.25, 0.3) is 5.65 Å². The minimum absolute atomic E-state index is 0.0545. The minimum atomic E-state index is -4.44. The number of fused-ring (bicyclic) bond motifs is 1. The molecule has 10 heteroatoms. The summed E-state index contributed by atoms with van der Waals surface area (Å²) in [6.07, 6.45) is -3.44. The number of rotatable bonds is 3. The van der Waals surface area contributed by atoms with Crippen LogP contribution >= 0.6 is 0 Å². The Kier molecular flexibility index (Phi) is 4.31. The molecule has 0 aromatic carbocycles. The standard InChI is InChI=1S/C14H15F3N4O3/c1-2-23-13(22)9-7-18-21-4-3-11(19-12(9)21)20-5-6-24-10(8-20)14(15,16)17/h3-4,7,10H,2,5-6,8H2,1H3. The van der Waals surface area contributed by atoms with Crippen LogP contribution in [-0.2, 0) is 9.47 Å². The molecule has 2 aromatic rings. The van der Waals surface area contributed by atoms with Crippen molar-refractivity contribution in [2.75, 3.05) is 31.2 Å². The van der Waals surface area contributed by atoms with Crippen molar-refractivity contribution in [2.24, 2.45) is 0 Å². The zero-order valence-corrected chi connectivity index (χ0v) is 12.8. The fourth-order valence-electron chi connectivity index (χ4n) is 2.44. The average molecular weight is 344 g/mol. The number of esters is 1. The second-order valence-corrected chi connectivity index (χ2v) is 5.18. The van der Waals surface area contributed by atoms with Crippen molar-refractivity contribution in [3.63, 3.8) is 0 Å². The predicted octanol–water partition coefficient (Wildman–Crippen LogP) is 1.67. The number of halogens is 3. The van der Waals surface area contributed by atoms with E-state index in [2.05, 4.69) is 10.1 Å². The Morgan fingerprint density at radius 1 is 1.50 bits per heavy atom. The Morgan fingerprint density at radius 3 is 3.00 bits per heavy atom. The van der Waals surface area contributed by atoms with Gasteiger partial charge in [-0.3, -0.25) is 0 Å². The number of hydrogen-bond donors (Lipinski definition) is 0. The van der Waals surface area contributed by atoms with Gasteiger partial charge in [0.15, 0.2) is 11.8 Å². The lowest BCUT2D eigenvalue weighted by atomic mass is 10.2. The van der Waals surface area contributed by atoms with Gasteiger partial charge in [0, 0.05) is 12.7 Å². The third-order valence-corrected chi connectivity index (χ3v) is 3.61. The summed E-state index contributed by atoms with van der Waals surface area (Å²) >= 11 is 0. The van der Waals surface area contributed by atoms with Crippen molar-refractivity contribution in [2.45, 2.75) is 19.2 Å². The van der Waals surface area contributed by atoms with Crippen molar-refractivity contribution in [1.82, 2.24) is 14.6 Å². The van der Waals surface area contributed by atoms with Crippen molar-refractivity contribution >= 4 is 17.4 Å². The SMILES string of the molecule is CCOC(=O)c1cnn2ccc(N3CCOC(C(F)(F)F)C3)nc12. The van der Waals surface area contributed by atoms with Gasteiger partial charge >= 0.3 is 12.1 Å². The fourth-order valence-corrected chi connectivity index (χ4v) is 2.44. The van der Waals surface area contributed by atoms with Crippen LogP contribution in [-0.4, -0.2) is 59.2 Å². The summed E-state index contributed by atoms with van der Waals surface area (Å²) in [6, 6.07) is 1.55. The van der Waals surface area contributed by atoms with Crippen LogP contribution in [0.5, 0.6) is 0 Å². The number of nitrogens with zero attached hydrogens (tertiary/aromatic N) is 4. The molecule has 1 unspecified atom stereocenters. The minimum Gasteiger partial charge on any atom is -0.462 e. The van der Waals surface area contributed by atoms with Gasteiger partial charge in [-0.2, -0.15) is 18.3 Å². The van der Waals surface area contributed by atoms with E-state index >= 15 is 0 Å². The molecule has 1 aliphatic heterocycles. The first-order valence-electron chi connectivity index (χ1n) is 7.35. The Bertz CT molecular complexity index is 746. The number of carbonyl (C=O) groups is 1. The van der Waals surface area contributed by atoms with Crippen LogP contribution in [0.2, 0.25) is 0 Å². The molecule has 0 saturated carbocycles. The van der Waals surface area contributed by atoms with Gasteiger partial charge in [0.1, 0.15) is 11.4 Å². The third kappa shape index (κ3) is 3.14. The Hall–Kier alpha value is -2.36. The topological polar surface area (TPSA) is 69.0 Å². The molecule has 1 aliphatic rings. The Morgan fingerprint density at radius 2 is 2.29 bits per heavy atom. The highest BCUT2D eigenvalue weighted by Gasteiger charge is 2.43. The monoisotopic (exact) mass is 344 g/mol. The molecule has 0 amide bonds. The fraction of sp³-hybridized carbons (Fsp3) is 0.500. The maximum atomic E-state index is 12.8. The second-order valence-electron chi connectivity index (χ2n) is 5.18. The van der Waals surface area contributed by atoms with E-state index in [4.69, 9.17) is 9.47 Å². The van der Waals surface area contributed by atoms with E-state index in [1.54, 1.807) is 19.2 Å². The third-order valence-electron chi connectivity index (χ3n) is 3.61. The highest BCUT2D eigenvalue weighted by atomic mass is 19.4. The van der Waals surface area contributed by atoms with E-state index < -0.39 is 18.2 Å². The van der Waals surface area contributed by atoms with Crippen LogP contribution in [0.15, 0.2) is 18.5 Å². The molecule has 3 heterocycles. The van der Waals surface area contributed by atoms with Gasteiger partial charge < -0.3 is 14.4 Å². The highest BCUT2D eigenvalue weighted by Crippen LogP contribution is 2.27. The number of hydrogen-bond acceptors (Lipinski definition) is 6. The summed E-state index contributed by atoms with van der Waals surface area (Å²) in [7, 11) is 0. The van der Waals surface area contributed by atoms with Crippen LogP contribution in [0.3, 0.4) is 0 Å². The summed E-state index contributed by atoms with van der Waals surface area (Å²) in [5, 5.41) is 3.99. The number of alkyl halides is 3. The average Bonchev–Trinajstić information content (AvgIpc) is 2.97. The van der Waals surface area contributed by atoms with Gasteiger partial charge in [-0.25, -0.2) is 14.3 Å². The molecule has 0 spiro atoms. The molecule has 0 N–H and O–H groups in total. The van der Waals surface area contributed by atoms with Gasteiger partial charge in [0.2, 0.25) is 0 Å². The number of ether oxygens (including phenoxy) is 2. The smallest absolute Gasteiger partial charge is 0.416 e. The Labute approximate surface area is 135 Å². The van der Waals surface area contributed by atoms with Crippen LogP contribution < -0.4 is 4.90 Å². The molecule has 1 saturated heterocycles. The molecular formula is C14H15F3N4O3.